The van der Waals surface area contributed by atoms with Gasteiger partial charge in [-0.25, -0.2) is 4.79 Å². The first-order chi connectivity index (χ1) is 10.6. The molecule has 120 valence electrons. The third-order valence-corrected chi connectivity index (χ3v) is 6.62. The predicted molar refractivity (Wildman–Crippen MR) is 76.6 cm³/mol. The average Bonchev–Trinajstić information content (AvgIpc) is 3.17. The van der Waals surface area contributed by atoms with Crippen LogP contribution in [-0.2, 0) is 23.8 Å². The van der Waals surface area contributed by atoms with Crippen molar-refractivity contribution in [1.82, 2.24) is 0 Å². The van der Waals surface area contributed by atoms with Gasteiger partial charge in [-0.3, -0.25) is 4.79 Å². The van der Waals surface area contributed by atoms with E-state index in [1.165, 1.54) is 40.6 Å². The third kappa shape index (κ3) is 1.46. The number of carbonyl (C=O) groups excluding carboxylic acids is 2. The molecule has 0 unspecified atom stereocenters. The summed E-state index contributed by atoms with van der Waals surface area (Å²) >= 11 is 0. The molecule has 0 N–H and O–H groups in total. The zero-order valence-electron chi connectivity index (χ0n) is 13.2. The molecule has 3 fully saturated rings. The fourth-order valence-electron chi connectivity index (χ4n) is 5.97. The molecule has 0 aromatic rings. The Labute approximate surface area is 130 Å². The van der Waals surface area contributed by atoms with Crippen molar-refractivity contribution in [3.63, 3.8) is 0 Å². The Hall–Kier alpha value is -1.20. The number of hydrogen-bond acceptors (Lipinski definition) is 5. The standard InChI is InChI=1S/C17H22O5/c1-20-16(19)11-7-10-12-8-4-5-9(6-8)13(12)14(11)17(21-2,22-3)15(10)18/h7-10,12-14H,4-6H2,1-3H3/t8-,9+,10-,12+,13+,14+/m0/s1. The molecule has 5 aliphatic rings. The van der Waals surface area contributed by atoms with Gasteiger partial charge in [-0.15, -0.1) is 0 Å². The lowest BCUT2D eigenvalue weighted by molar-refractivity contribution is -0.256. The quantitative estimate of drug-likeness (QED) is 0.585. The number of esters is 1. The average molecular weight is 306 g/mol. The van der Waals surface area contributed by atoms with Gasteiger partial charge in [-0.2, -0.15) is 0 Å². The largest absolute Gasteiger partial charge is 0.466 e. The number of rotatable bonds is 3. The molecule has 6 atom stereocenters. The minimum atomic E-state index is -1.32. The summed E-state index contributed by atoms with van der Waals surface area (Å²) in [6.07, 6.45) is 5.40. The number of methoxy groups -OCH3 is 3. The molecule has 0 aromatic heterocycles. The summed E-state index contributed by atoms with van der Waals surface area (Å²) < 4.78 is 16.1. The molecule has 5 rings (SSSR count). The maximum absolute atomic E-state index is 13.0. The van der Waals surface area contributed by atoms with Crippen LogP contribution in [0.3, 0.4) is 0 Å². The molecule has 0 radical (unpaired) electrons. The second kappa shape index (κ2) is 4.65. The van der Waals surface area contributed by atoms with E-state index in [9.17, 15) is 9.59 Å². The van der Waals surface area contributed by atoms with Gasteiger partial charge in [-0.1, -0.05) is 6.08 Å². The molecule has 5 aliphatic carbocycles. The SMILES string of the molecule is COC(=O)C1=C[C@@H]2C(=O)C(OC)(OC)[C@H]1[C@@H]1[C@@H]3CC[C@@H](C3)[C@@H]12. The maximum atomic E-state index is 13.0. The van der Waals surface area contributed by atoms with E-state index in [0.717, 1.165) is 0 Å². The number of ketones is 1. The first kappa shape index (κ1) is 14.4. The van der Waals surface area contributed by atoms with Crippen molar-refractivity contribution in [2.45, 2.75) is 25.0 Å². The van der Waals surface area contributed by atoms with E-state index in [4.69, 9.17) is 14.2 Å². The van der Waals surface area contributed by atoms with E-state index in [-0.39, 0.29) is 23.6 Å². The molecule has 5 nitrogen and oxygen atoms in total. The topological polar surface area (TPSA) is 61.8 Å². The van der Waals surface area contributed by atoms with Gasteiger partial charge in [0.15, 0.2) is 5.78 Å². The molecule has 0 heterocycles. The zero-order valence-corrected chi connectivity index (χ0v) is 13.2. The summed E-state index contributed by atoms with van der Waals surface area (Å²) in [6.45, 7) is 0. The summed E-state index contributed by atoms with van der Waals surface area (Å²) in [5.74, 6) is -0.516. The Kier molecular flexibility index (Phi) is 3.04. The molecule has 22 heavy (non-hydrogen) atoms. The summed E-state index contributed by atoms with van der Waals surface area (Å²) in [5.41, 5.74) is 0.574. The first-order valence-electron chi connectivity index (χ1n) is 8.03. The Balaban J connectivity index is 1.88. The van der Waals surface area contributed by atoms with E-state index < -0.39 is 5.79 Å². The highest BCUT2D eigenvalue weighted by molar-refractivity contribution is 6.00. The highest BCUT2D eigenvalue weighted by atomic mass is 16.7. The Bertz CT molecular complexity index is 561. The predicted octanol–water partition coefficient (Wildman–Crippen LogP) is 1.57. The number of hydrogen-bond donors (Lipinski definition) is 0. The fraction of sp³-hybridized carbons (Fsp3) is 0.765. The van der Waals surface area contributed by atoms with Gasteiger partial charge in [0.1, 0.15) is 0 Å². The number of carbonyl (C=O) groups is 2. The van der Waals surface area contributed by atoms with E-state index in [1.807, 2.05) is 6.08 Å². The number of ether oxygens (including phenoxy) is 3. The van der Waals surface area contributed by atoms with Crippen molar-refractivity contribution in [2.75, 3.05) is 21.3 Å². The fourth-order valence-corrected chi connectivity index (χ4v) is 5.97. The molecule has 0 spiro atoms. The van der Waals surface area contributed by atoms with Crippen molar-refractivity contribution < 1.29 is 23.8 Å². The van der Waals surface area contributed by atoms with E-state index in [1.54, 1.807) is 0 Å². The van der Waals surface area contributed by atoms with Crippen LogP contribution in [-0.4, -0.2) is 38.9 Å². The smallest absolute Gasteiger partial charge is 0.333 e. The lowest BCUT2D eigenvalue weighted by Crippen LogP contribution is -2.65. The van der Waals surface area contributed by atoms with Gasteiger partial charge < -0.3 is 14.2 Å². The van der Waals surface area contributed by atoms with Crippen LogP contribution in [0, 0.1) is 35.5 Å². The van der Waals surface area contributed by atoms with E-state index in [2.05, 4.69) is 0 Å². The summed E-state index contributed by atoms with van der Waals surface area (Å²) in [7, 11) is 4.38. The van der Waals surface area contributed by atoms with Crippen molar-refractivity contribution in [3.05, 3.63) is 11.6 Å². The van der Waals surface area contributed by atoms with Crippen LogP contribution >= 0.6 is 0 Å². The Morgan fingerprint density at radius 1 is 1.14 bits per heavy atom. The molecule has 5 heteroatoms. The minimum absolute atomic E-state index is 0.0241. The first-order valence-corrected chi connectivity index (χ1v) is 8.03. The van der Waals surface area contributed by atoms with Gasteiger partial charge in [0.05, 0.1) is 13.0 Å². The van der Waals surface area contributed by atoms with E-state index in [0.29, 0.717) is 29.2 Å². The summed E-state index contributed by atoms with van der Waals surface area (Å²) in [5, 5.41) is 0. The van der Waals surface area contributed by atoms with Gasteiger partial charge >= 0.3 is 5.97 Å². The second-order valence-electron chi connectivity index (χ2n) is 7.04. The van der Waals surface area contributed by atoms with E-state index >= 15 is 0 Å². The van der Waals surface area contributed by atoms with Gasteiger partial charge in [0, 0.05) is 25.7 Å². The second-order valence-corrected chi connectivity index (χ2v) is 7.04. The molecule has 0 aliphatic heterocycles. The highest BCUT2D eigenvalue weighted by Gasteiger charge is 2.70. The monoisotopic (exact) mass is 306 g/mol. The minimum Gasteiger partial charge on any atom is -0.466 e. The van der Waals surface area contributed by atoms with Crippen LogP contribution in [0.15, 0.2) is 11.6 Å². The number of Topliss-reactive ketones (excluding diaryl/α,β-unsaturated/α-hetero) is 1. The molecule has 0 amide bonds. The maximum Gasteiger partial charge on any atom is 0.333 e. The lowest BCUT2D eigenvalue weighted by Gasteiger charge is -2.55. The van der Waals surface area contributed by atoms with Crippen molar-refractivity contribution in [3.8, 4) is 0 Å². The van der Waals surface area contributed by atoms with Gasteiger partial charge in [0.2, 0.25) is 5.79 Å². The van der Waals surface area contributed by atoms with Crippen molar-refractivity contribution in [1.29, 1.82) is 0 Å². The Morgan fingerprint density at radius 3 is 2.36 bits per heavy atom. The third-order valence-electron chi connectivity index (χ3n) is 6.62. The molecular formula is C17H22O5. The van der Waals surface area contributed by atoms with Gasteiger partial charge in [-0.05, 0) is 42.9 Å². The highest BCUT2D eigenvalue weighted by Crippen LogP contribution is 2.66. The molecule has 4 bridgehead atoms. The van der Waals surface area contributed by atoms with Crippen LogP contribution in [0.4, 0.5) is 0 Å². The number of fused-ring (bicyclic) bond motifs is 3. The summed E-state index contributed by atoms with van der Waals surface area (Å²) in [4.78, 5) is 25.3. The number of allylic oxidation sites excluding steroid dienone is 1. The normalized spacial score (nSPS) is 44.0. The van der Waals surface area contributed by atoms with Crippen LogP contribution in [0.5, 0.6) is 0 Å². The lowest BCUT2D eigenvalue weighted by atomic mass is 9.52. The summed E-state index contributed by atoms with van der Waals surface area (Å²) in [6, 6.07) is 0. The van der Waals surface area contributed by atoms with Crippen molar-refractivity contribution in [2.24, 2.45) is 35.5 Å². The molecule has 3 saturated carbocycles. The van der Waals surface area contributed by atoms with Crippen LogP contribution < -0.4 is 0 Å². The molecule has 0 saturated heterocycles. The Morgan fingerprint density at radius 2 is 1.77 bits per heavy atom. The van der Waals surface area contributed by atoms with Gasteiger partial charge in [0.25, 0.3) is 0 Å². The van der Waals surface area contributed by atoms with Crippen molar-refractivity contribution >= 4 is 11.8 Å². The van der Waals surface area contributed by atoms with Crippen LogP contribution in [0.2, 0.25) is 0 Å². The van der Waals surface area contributed by atoms with Crippen LogP contribution in [0.25, 0.3) is 0 Å². The van der Waals surface area contributed by atoms with Crippen LogP contribution in [0.1, 0.15) is 19.3 Å². The molecular weight excluding hydrogens is 284 g/mol. The molecule has 0 aromatic carbocycles. The zero-order chi connectivity index (χ0) is 15.6.